The predicted octanol–water partition coefficient (Wildman–Crippen LogP) is 12.8. The average Bonchev–Trinajstić information content (AvgIpc) is 4.05. The van der Waals surface area contributed by atoms with E-state index in [0.717, 1.165) is 56.2 Å². The molecule has 262 valence electrons. The zero-order chi connectivity index (χ0) is 36.7. The van der Waals surface area contributed by atoms with Gasteiger partial charge in [0.25, 0.3) is 0 Å². The van der Waals surface area contributed by atoms with Crippen molar-refractivity contribution in [2.24, 2.45) is 0 Å². The molecule has 0 N–H and O–H groups in total. The molecule has 0 unspecified atom stereocenters. The fraction of sp³-hybridized carbons (Fsp3) is 0. The molecular formula is C51H33N5. The second-order valence-corrected chi connectivity index (χ2v) is 14.5. The van der Waals surface area contributed by atoms with E-state index < -0.39 is 0 Å². The van der Waals surface area contributed by atoms with Crippen molar-refractivity contribution in [3.8, 4) is 34.1 Å². The van der Waals surface area contributed by atoms with Crippen LogP contribution in [0, 0.1) is 0 Å². The molecule has 0 saturated carbocycles. The van der Waals surface area contributed by atoms with Gasteiger partial charge in [0.2, 0.25) is 0 Å². The molecule has 5 heteroatoms. The summed E-state index contributed by atoms with van der Waals surface area (Å²) < 4.78 is 9.34. The predicted molar refractivity (Wildman–Crippen MR) is 232 cm³/mol. The molecule has 0 aliphatic rings. The van der Waals surface area contributed by atoms with Gasteiger partial charge in [-0.1, -0.05) is 103 Å². The number of aromatic nitrogens is 5. The van der Waals surface area contributed by atoms with Crippen molar-refractivity contribution in [3.05, 3.63) is 200 Å². The second kappa shape index (κ2) is 11.9. The van der Waals surface area contributed by atoms with Crippen molar-refractivity contribution < 1.29 is 0 Å². The van der Waals surface area contributed by atoms with Crippen LogP contribution < -0.4 is 0 Å². The molecular weight excluding hydrogens is 683 g/mol. The van der Waals surface area contributed by atoms with E-state index in [0.29, 0.717) is 0 Å². The molecule has 5 heterocycles. The van der Waals surface area contributed by atoms with Gasteiger partial charge < -0.3 is 13.7 Å². The summed E-state index contributed by atoms with van der Waals surface area (Å²) in [4.78, 5) is 5.48. The van der Waals surface area contributed by atoms with Gasteiger partial charge in [0.1, 0.15) is 5.82 Å². The molecule has 0 bridgehead atoms. The Hall–Kier alpha value is -7.63. The summed E-state index contributed by atoms with van der Waals surface area (Å²) >= 11 is 0. The highest BCUT2D eigenvalue weighted by atomic mass is 15.1. The standard InChI is InChI=1S/C51H33N5/c1-4-14-34(15-5-1)42-32-37(55-45-22-12-10-20-38(45)50-40-28-30-53(35-16-6-2-7-17-35)43(40)24-26-47(50)55)33-49(52-42)56-46-23-13-11-21-39(46)51-41-29-31-54(36-18-8-3-9-19-36)44(41)25-27-48(51)56/h1-33H. The molecule has 0 aliphatic heterocycles. The van der Waals surface area contributed by atoms with E-state index in [1.54, 1.807) is 0 Å². The Bertz CT molecular complexity index is 3250. The summed E-state index contributed by atoms with van der Waals surface area (Å²) in [6.07, 6.45) is 4.38. The maximum Gasteiger partial charge on any atom is 0.140 e. The van der Waals surface area contributed by atoms with E-state index in [-0.39, 0.29) is 0 Å². The molecule has 12 rings (SSSR count). The molecule has 7 aromatic carbocycles. The number of benzene rings is 7. The summed E-state index contributed by atoms with van der Waals surface area (Å²) in [7, 11) is 0. The van der Waals surface area contributed by atoms with Crippen LogP contribution in [0.15, 0.2) is 200 Å². The molecule has 0 spiro atoms. The van der Waals surface area contributed by atoms with Gasteiger partial charge >= 0.3 is 0 Å². The average molecular weight is 716 g/mol. The van der Waals surface area contributed by atoms with Crippen molar-refractivity contribution in [3.63, 3.8) is 0 Å². The summed E-state index contributed by atoms with van der Waals surface area (Å²) in [5.74, 6) is 0.872. The first-order valence-electron chi connectivity index (χ1n) is 19.1. The van der Waals surface area contributed by atoms with Crippen molar-refractivity contribution in [2.75, 3.05) is 0 Å². The van der Waals surface area contributed by atoms with E-state index in [4.69, 9.17) is 4.98 Å². The van der Waals surface area contributed by atoms with E-state index in [9.17, 15) is 0 Å². The van der Waals surface area contributed by atoms with Crippen LogP contribution in [0.2, 0.25) is 0 Å². The molecule has 0 radical (unpaired) electrons. The molecule has 0 saturated heterocycles. The van der Waals surface area contributed by atoms with Gasteiger partial charge in [0, 0.05) is 67.7 Å². The minimum absolute atomic E-state index is 0.872. The molecule has 0 aliphatic carbocycles. The van der Waals surface area contributed by atoms with Crippen molar-refractivity contribution in [1.82, 2.24) is 23.3 Å². The highest BCUT2D eigenvalue weighted by molar-refractivity contribution is 6.22. The van der Waals surface area contributed by atoms with Gasteiger partial charge in [-0.05, 0) is 78.9 Å². The van der Waals surface area contributed by atoms with Crippen LogP contribution in [0.3, 0.4) is 0 Å². The van der Waals surface area contributed by atoms with E-state index in [2.05, 4.69) is 219 Å². The van der Waals surface area contributed by atoms with Gasteiger partial charge in [0.15, 0.2) is 0 Å². The second-order valence-electron chi connectivity index (χ2n) is 14.5. The lowest BCUT2D eigenvalue weighted by molar-refractivity contribution is 1.06. The zero-order valence-electron chi connectivity index (χ0n) is 30.3. The van der Waals surface area contributed by atoms with Gasteiger partial charge in [-0.15, -0.1) is 0 Å². The van der Waals surface area contributed by atoms with Crippen LogP contribution in [0.4, 0.5) is 0 Å². The molecule has 5 aromatic heterocycles. The molecule has 0 amide bonds. The Morgan fingerprint density at radius 3 is 1.34 bits per heavy atom. The Morgan fingerprint density at radius 2 is 0.768 bits per heavy atom. The molecule has 5 nitrogen and oxygen atoms in total. The van der Waals surface area contributed by atoms with Crippen molar-refractivity contribution in [2.45, 2.75) is 0 Å². The number of nitrogens with zero attached hydrogens (tertiary/aromatic N) is 5. The fourth-order valence-corrected chi connectivity index (χ4v) is 9.02. The minimum Gasteiger partial charge on any atom is -0.317 e. The van der Waals surface area contributed by atoms with E-state index >= 15 is 0 Å². The normalized spacial score (nSPS) is 11.9. The first-order valence-corrected chi connectivity index (χ1v) is 19.1. The largest absolute Gasteiger partial charge is 0.317 e. The summed E-state index contributed by atoms with van der Waals surface area (Å²) in [5, 5.41) is 7.34. The third-order valence-corrected chi connectivity index (χ3v) is 11.4. The highest BCUT2D eigenvalue weighted by Gasteiger charge is 2.21. The number of hydrogen-bond acceptors (Lipinski definition) is 1. The third kappa shape index (κ3) is 4.46. The first-order chi connectivity index (χ1) is 27.8. The number of para-hydroxylation sites is 4. The molecule has 0 atom stereocenters. The van der Waals surface area contributed by atoms with Gasteiger partial charge in [-0.2, -0.15) is 0 Å². The number of rotatable bonds is 5. The summed E-state index contributed by atoms with van der Waals surface area (Å²) in [5.41, 5.74) is 12.3. The van der Waals surface area contributed by atoms with Crippen LogP contribution in [0.25, 0.3) is 99.6 Å². The number of fused-ring (bicyclic) bond motifs is 10. The zero-order valence-corrected chi connectivity index (χ0v) is 30.3. The maximum absolute atomic E-state index is 5.48. The highest BCUT2D eigenvalue weighted by Crippen LogP contribution is 2.41. The fourth-order valence-electron chi connectivity index (χ4n) is 9.02. The monoisotopic (exact) mass is 715 g/mol. The van der Waals surface area contributed by atoms with Crippen LogP contribution in [0.1, 0.15) is 0 Å². The third-order valence-electron chi connectivity index (χ3n) is 11.4. The van der Waals surface area contributed by atoms with Crippen molar-refractivity contribution >= 4 is 65.4 Å². The van der Waals surface area contributed by atoms with Gasteiger partial charge in [-0.25, -0.2) is 4.98 Å². The molecule has 12 aromatic rings. The van der Waals surface area contributed by atoms with Crippen LogP contribution >= 0.6 is 0 Å². The summed E-state index contributed by atoms with van der Waals surface area (Å²) in [6, 6.07) is 67.3. The number of pyridine rings is 1. The lowest BCUT2D eigenvalue weighted by Gasteiger charge is -2.15. The first kappa shape index (κ1) is 30.8. The van der Waals surface area contributed by atoms with Gasteiger partial charge in [0.05, 0.1) is 44.5 Å². The smallest absolute Gasteiger partial charge is 0.140 e. The molecule has 56 heavy (non-hydrogen) atoms. The Morgan fingerprint density at radius 1 is 0.321 bits per heavy atom. The van der Waals surface area contributed by atoms with E-state index in [1.807, 2.05) is 0 Å². The quantitative estimate of drug-likeness (QED) is 0.175. The minimum atomic E-state index is 0.872. The van der Waals surface area contributed by atoms with Crippen LogP contribution in [-0.4, -0.2) is 23.3 Å². The van der Waals surface area contributed by atoms with E-state index in [1.165, 1.54) is 43.4 Å². The Kier molecular flexibility index (Phi) is 6.56. The Balaban J connectivity index is 1.15. The maximum atomic E-state index is 5.48. The van der Waals surface area contributed by atoms with Crippen molar-refractivity contribution in [1.29, 1.82) is 0 Å². The Labute approximate surface area is 322 Å². The van der Waals surface area contributed by atoms with Gasteiger partial charge in [-0.3, -0.25) is 4.57 Å². The van der Waals surface area contributed by atoms with Crippen LogP contribution in [-0.2, 0) is 0 Å². The number of hydrogen-bond donors (Lipinski definition) is 0. The SMILES string of the molecule is c1ccc(-c2cc(-n3c4ccccc4c4c5ccn(-c6ccccc6)c5ccc43)cc(-n3c4ccccc4c4c5ccn(-c6ccccc6)c5ccc43)n2)cc1. The van der Waals surface area contributed by atoms with Crippen LogP contribution in [0.5, 0.6) is 0 Å². The molecule has 0 fully saturated rings. The lowest BCUT2D eigenvalue weighted by Crippen LogP contribution is -2.03. The lowest BCUT2D eigenvalue weighted by atomic mass is 10.1. The topological polar surface area (TPSA) is 32.6 Å². The summed E-state index contributed by atoms with van der Waals surface area (Å²) in [6.45, 7) is 0.